The van der Waals surface area contributed by atoms with E-state index in [1.165, 1.54) is 22.9 Å². The van der Waals surface area contributed by atoms with E-state index in [1.807, 2.05) is 30.3 Å². The van der Waals surface area contributed by atoms with E-state index in [1.54, 1.807) is 12.1 Å². The molecule has 3 aromatic rings. The molecule has 3 N–H and O–H groups in total. The van der Waals surface area contributed by atoms with Crippen LogP contribution in [0.25, 0.3) is 6.08 Å². The van der Waals surface area contributed by atoms with Gasteiger partial charge in [-0.15, -0.1) is 0 Å². The van der Waals surface area contributed by atoms with Gasteiger partial charge in [0.1, 0.15) is 5.75 Å². The Morgan fingerprint density at radius 2 is 1.79 bits per heavy atom. The summed E-state index contributed by atoms with van der Waals surface area (Å²) in [6.45, 7) is 0.870. The van der Waals surface area contributed by atoms with Crippen LogP contribution in [0, 0.1) is 0 Å². The highest BCUT2D eigenvalue weighted by molar-refractivity contribution is 5.90. The molecule has 0 fully saturated rings. The van der Waals surface area contributed by atoms with Crippen LogP contribution in [-0.2, 0) is 11.2 Å². The van der Waals surface area contributed by atoms with Gasteiger partial charge >= 0.3 is 0 Å². The molecule has 28 heavy (non-hydrogen) atoms. The van der Waals surface area contributed by atoms with Crippen LogP contribution >= 0.6 is 0 Å². The molecule has 4 rings (SSSR count). The predicted molar refractivity (Wildman–Crippen MR) is 112 cm³/mol. The van der Waals surface area contributed by atoms with Gasteiger partial charge in [0.2, 0.25) is 5.91 Å². The Morgan fingerprint density at radius 3 is 2.50 bits per heavy atom. The van der Waals surface area contributed by atoms with E-state index in [0.29, 0.717) is 5.75 Å². The number of amides is 1. The molecule has 1 aliphatic heterocycles. The first-order valence-electron chi connectivity index (χ1n) is 9.33. The molecule has 1 atom stereocenters. The zero-order chi connectivity index (χ0) is 19.5. The third kappa shape index (κ3) is 3.62. The minimum Gasteiger partial charge on any atom is -0.508 e. The van der Waals surface area contributed by atoms with Crippen molar-refractivity contribution in [1.29, 1.82) is 0 Å². The molecule has 0 saturated carbocycles. The lowest BCUT2D eigenvalue weighted by Gasteiger charge is -2.39. The molecule has 0 saturated heterocycles. The van der Waals surface area contributed by atoms with E-state index in [0.717, 1.165) is 24.1 Å². The highest BCUT2D eigenvalue weighted by Gasteiger charge is 2.29. The number of fused-ring (bicyclic) bond motifs is 1. The number of carbonyl (C=O) groups excluding carboxylic acids is 1. The first kappa shape index (κ1) is 17.9. The van der Waals surface area contributed by atoms with Crippen molar-refractivity contribution in [3.05, 3.63) is 101 Å². The fourth-order valence-electron chi connectivity index (χ4n) is 3.84. The maximum absolute atomic E-state index is 11.0. The number of aromatic hydroxyl groups is 1. The van der Waals surface area contributed by atoms with Gasteiger partial charge in [-0.3, -0.25) is 4.79 Å². The fraction of sp³-hybridized carbons (Fsp3) is 0.125. The Morgan fingerprint density at radius 1 is 1.04 bits per heavy atom. The van der Waals surface area contributed by atoms with Crippen molar-refractivity contribution in [2.24, 2.45) is 5.73 Å². The Balaban J connectivity index is 1.76. The summed E-state index contributed by atoms with van der Waals surface area (Å²) in [5.74, 6) is -0.155. The van der Waals surface area contributed by atoms with Crippen molar-refractivity contribution >= 4 is 17.7 Å². The van der Waals surface area contributed by atoms with Crippen LogP contribution in [0.3, 0.4) is 0 Å². The van der Waals surface area contributed by atoms with Gasteiger partial charge in [0.15, 0.2) is 0 Å². The summed E-state index contributed by atoms with van der Waals surface area (Å²) in [5.41, 5.74) is 10.8. The van der Waals surface area contributed by atoms with Crippen molar-refractivity contribution in [3.8, 4) is 5.75 Å². The van der Waals surface area contributed by atoms with E-state index >= 15 is 0 Å². The van der Waals surface area contributed by atoms with Crippen molar-refractivity contribution in [2.45, 2.75) is 12.5 Å². The summed E-state index contributed by atoms with van der Waals surface area (Å²) in [6.07, 6.45) is 3.96. The van der Waals surface area contributed by atoms with Gasteiger partial charge in [-0.2, -0.15) is 0 Å². The summed E-state index contributed by atoms with van der Waals surface area (Å²) in [6, 6.07) is 24.2. The van der Waals surface area contributed by atoms with E-state index < -0.39 is 5.91 Å². The molecule has 1 amide bonds. The number of para-hydroxylation sites is 1. The number of carbonyl (C=O) groups is 1. The topological polar surface area (TPSA) is 66.6 Å². The van der Waals surface area contributed by atoms with Gasteiger partial charge in [0, 0.05) is 18.3 Å². The van der Waals surface area contributed by atoms with Crippen LogP contribution in [0.4, 0.5) is 5.69 Å². The number of anilines is 1. The number of benzene rings is 3. The smallest absolute Gasteiger partial charge is 0.241 e. The lowest BCUT2D eigenvalue weighted by Crippen LogP contribution is -2.36. The summed E-state index contributed by atoms with van der Waals surface area (Å²) < 4.78 is 0. The van der Waals surface area contributed by atoms with Gasteiger partial charge in [-0.25, -0.2) is 0 Å². The highest BCUT2D eigenvalue weighted by Crippen LogP contribution is 2.39. The Hall–Kier alpha value is -3.53. The molecular weight excluding hydrogens is 348 g/mol. The standard InChI is InChI=1S/C24H22N2O2/c25-23(28)13-8-17-6-9-18(10-7-17)24-22-12-11-21(27)16-19(22)14-15-26(24)20-4-2-1-3-5-20/h1-13,16,24,27H,14-15H2,(H2,25,28)/b13-8+. The molecule has 0 aromatic heterocycles. The lowest BCUT2D eigenvalue weighted by molar-refractivity contribution is -0.113. The molecule has 0 bridgehead atoms. The molecule has 1 aliphatic rings. The first-order valence-corrected chi connectivity index (χ1v) is 9.33. The Bertz CT molecular complexity index is 1010. The van der Waals surface area contributed by atoms with Gasteiger partial charge in [0.25, 0.3) is 0 Å². The van der Waals surface area contributed by atoms with Crippen LogP contribution < -0.4 is 10.6 Å². The SMILES string of the molecule is NC(=O)/C=C/c1ccc(C2c3ccc(O)cc3CCN2c2ccccc2)cc1. The number of rotatable bonds is 4. The lowest BCUT2D eigenvalue weighted by atomic mass is 9.87. The second kappa shape index (κ2) is 7.61. The van der Waals surface area contributed by atoms with Gasteiger partial charge in [-0.1, -0.05) is 48.5 Å². The minimum atomic E-state index is -0.458. The summed E-state index contributed by atoms with van der Waals surface area (Å²) in [7, 11) is 0. The average Bonchev–Trinajstić information content (AvgIpc) is 2.72. The van der Waals surface area contributed by atoms with Gasteiger partial charge in [0.05, 0.1) is 6.04 Å². The van der Waals surface area contributed by atoms with E-state index in [9.17, 15) is 9.90 Å². The van der Waals surface area contributed by atoms with Gasteiger partial charge < -0.3 is 15.7 Å². The van der Waals surface area contributed by atoms with E-state index in [-0.39, 0.29) is 6.04 Å². The zero-order valence-corrected chi connectivity index (χ0v) is 15.5. The second-order valence-corrected chi connectivity index (χ2v) is 6.97. The summed E-state index contributed by atoms with van der Waals surface area (Å²) in [5, 5.41) is 9.91. The molecule has 0 spiro atoms. The maximum atomic E-state index is 11.0. The molecule has 140 valence electrons. The number of hydrogen-bond donors (Lipinski definition) is 2. The summed E-state index contributed by atoms with van der Waals surface area (Å²) in [4.78, 5) is 13.4. The molecule has 4 nitrogen and oxygen atoms in total. The van der Waals surface area contributed by atoms with E-state index in [4.69, 9.17) is 5.73 Å². The van der Waals surface area contributed by atoms with Crippen LogP contribution in [-0.4, -0.2) is 17.6 Å². The number of primary amides is 1. The number of nitrogens with zero attached hydrogens (tertiary/aromatic N) is 1. The monoisotopic (exact) mass is 370 g/mol. The number of phenols is 1. The average molecular weight is 370 g/mol. The molecule has 3 aromatic carbocycles. The van der Waals surface area contributed by atoms with Crippen molar-refractivity contribution in [2.75, 3.05) is 11.4 Å². The van der Waals surface area contributed by atoms with Crippen molar-refractivity contribution in [3.63, 3.8) is 0 Å². The second-order valence-electron chi connectivity index (χ2n) is 6.97. The number of phenolic OH excluding ortho intramolecular Hbond substituents is 1. The third-order valence-corrected chi connectivity index (χ3v) is 5.13. The van der Waals surface area contributed by atoms with Crippen LogP contribution in [0.15, 0.2) is 78.9 Å². The number of hydrogen-bond acceptors (Lipinski definition) is 3. The fourth-order valence-corrected chi connectivity index (χ4v) is 3.84. The molecule has 0 aliphatic carbocycles. The molecule has 0 radical (unpaired) electrons. The minimum absolute atomic E-state index is 0.0564. The van der Waals surface area contributed by atoms with Crippen molar-refractivity contribution < 1.29 is 9.90 Å². The Kier molecular flexibility index (Phi) is 4.85. The Labute approximate surface area is 164 Å². The summed E-state index contributed by atoms with van der Waals surface area (Å²) >= 11 is 0. The van der Waals surface area contributed by atoms with Crippen LogP contribution in [0.2, 0.25) is 0 Å². The quantitative estimate of drug-likeness (QED) is 0.681. The normalized spacial score (nSPS) is 16.1. The largest absolute Gasteiger partial charge is 0.508 e. The van der Waals surface area contributed by atoms with Gasteiger partial charge in [-0.05, 0) is 59.0 Å². The molecule has 4 heteroatoms. The van der Waals surface area contributed by atoms with E-state index in [2.05, 4.69) is 41.3 Å². The molecular formula is C24H22N2O2. The van der Waals surface area contributed by atoms with Crippen LogP contribution in [0.5, 0.6) is 5.75 Å². The van der Waals surface area contributed by atoms with Crippen LogP contribution in [0.1, 0.15) is 28.3 Å². The molecule has 1 heterocycles. The molecule has 1 unspecified atom stereocenters. The third-order valence-electron chi connectivity index (χ3n) is 5.13. The zero-order valence-electron chi connectivity index (χ0n) is 15.5. The van der Waals surface area contributed by atoms with Crippen molar-refractivity contribution in [1.82, 2.24) is 0 Å². The maximum Gasteiger partial charge on any atom is 0.241 e. The highest BCUT2D eigenvalue weighted by atomic mass is 16.3. The predicted octanol–water partition coefficient (Wildman–Crippen LogP) is 4.04. The number of nitrogens with two attached hydrogens (primary N) is 1. The first-order chi connectivity index (χ1) is 13.6.